The van der Waals surface area contributed by atoms with Crippen molar-refractivity contribution in [3.8, 4) is 11.4 Å². The fourth-order valence-electron chi connectivity index (χ4n) is 4.18. The van der Waals surface area contributed by atoms with Crippen LogP contribution in [0.4, 0.5) is 0 Å². The molecule has 0 amide bonds. The first-order valence-electron chi connectivity index (χ1n) is 9.58. The summed E-state index contributed by atoms with van der Waals surface area (Å²) in [6.07, 6.45) is 1.78. The van der Waals surface area contributed by atoms with Crippen molar-refractivity contribution in [2.75, 3.05) is 13.2 Å². The summed E-state index contributed by atoms with van der Waals surface area (Å²) in [7, 11) is 0. The van der Waals surface area contributed by atoms with Gasteiger partial charge in [-0.1, -0.05) is 6.07 Å². The van der Waals surface area contributed by atoms with Gasteiger partial charge in [-0.2, -0.15) is 0 Å². The van der Waals surface area contributed by atoms with E-state index >= 15 is 0 Å². The van der Waals surface area contributed by atoms with Gasteiger partial charge in [-0.3, -0.25) is 4.98 Å². The van der Waals surface area contributed by atoms with Crippen LogP contribution in [-0.4, -0.2) is 42.9 Å². The maximum absolute atomic E-state index is 9.63. The van der Waals surface area contributed by atoms with Gasteiger partial charge in [0.05, 0.1) is 24.4 Å². The van der Waals surface area contributed by atoms with Crippen LogP contribution < -0.4 is 5.32 Å². The Bertz CT molecular complexity index is 1020. The molecule has 1 saturated heterocycles. The van der Waals surface area contributed by atoms with Gasteiger partial charge in [0.25, 0.3) is 0 Å². The van der Waals surface area contributed by atoms with Crippen LogP contribution in [0.15, 0.2) is 54.7 Å². The number of hydrogen-bond acceptors (Lipinski definition) is 4. The molecule has 0 saturated carbocycles. The number of thiocarbonyl (C=S) groups is 1. The summed E-state index contributed by atoms with van der Waals surface area (Å²) in [4.78, 5) is 6.59. The van der Waals surface area contributed by atoms with E-state index in [1.807, 2.05) is 35.2 Å². The van der Waals surface area contributed by atoms with Crippen LogP contribution in [0.5, 0.6) is 5.75 Å². The molecule has 7 heteroatoms. The van der Waals surface area contributed by atoms with Crippen LogP contribution in [0.2, 0.25) is 0 Å². The van der Waals surface area contributed by atoms with E-state index in [4.69, 9.17) is 12.2 Å². The maximum atomic E-state index is 9.63. The second-order valence-corrected chi connectivity index (χ2v) is 7.61. The smallest absolute Gasteiger partial charge is 0.170 e. The van der Waals surface area contributed by atoms with Gasteiger partial charge in [0.15, 0.2) is 5.11 Å². The summed E-state index contributed by atoms with van der Waals surface area (Å²) in [6, 6.07) is 15.0. The van der Waals surface area contributed by atoms with E-state index in [2.05, 4.69) is 34.8 Å². The highest BCUT2D eigenvalue weighted by molar-refractivity contribution is 7.80. The van der Waals surface area contributed by atoms with Crippen LogP contribution in [0.25, 0.3) is 5.69 Å². The second kappa shape index (κ2) is 7.85. The molecule has 4 rings (SSSR count). The number of pyridine rings is 1. The zero-order chi connectivity index (χ0) is 20.5. The molecule has 2 atom stereocenters. The molecule has 3 aromatic rings. The summed E-state index contributed by atoms with van der Waals surface area (Å²) >= 11 is 5.59. The van der Waals surface area contributed by atoms with Crippen molar-refractivity contribution in [1.29, 1.82) is 0 Å². The summed E-state index contributed by atoms with van der Waals surface area (Å²) in [5, 5.41) is 23.3. The van der Waals surface area contributed by atoms with Crippen LogP contribution in [0.3, 0.4) is 0 Å². The molecule has 3 N–H and O–H groups in total. The molecule has 1 aliphatic heterocycles. The molecule has 29 heavy (non-hydrogen) atoms. The quantitative estimate of drug-likeness (QED) is 0.563. The number of β-amino-alcohol motifs (C(OH)–C–C–N with tert-alkyl or cyclic N) is 1. The number of aliphatic hydroxyl groups is 1. The Morgan fingerprint density at radius 1 is 1.14 bits per heavy atom. The Kier molecular flexibility index (Phi) is 5.25. The number of hydrogen-bond donors (Lipinski definition) is 3. The van der Waals surface area contributed by atoms with Gasteiger partial charge in [0.2, 0.25) is 0 Å². The van der Waals surface area contributed by atoms with Gasteiger partial charge in [0, 0.05) is 29.8 Å². The molecule has 0 spiro atoms. The van der Waals surface area contributed by atoms with Gasteiger partial charge in [-0.15, -0.1) is 0 Å². The highest BCUT2D eigenvalue weighted by atomic mass is 32.1. The minimum absolute atomic E-state index is 0.0178. The van der Waals surface area contributed by atoms with Gasteiger partial charge in [0.1, 0.15) is 5.75 Å². The zero-order valence-corrected chi connectivity index (χ0v) is 17.2. The Labute approximate surface area is 175 Å². The lowest BCUT2D eigenvalue weighted by atomic mass is 9.97. The minimum Gasteiger partial charge on any atom is -0.508 e. The third-order valence-corrected chi connectivity index (χ3v) is 5.79. The van der Waals surface area contributed by atoms with Crippen LogP contribution in [-0.2, 0) is 0 Å². The van der Waals surface area contributed by atoms with E-state index in [1.165, 1.54) is 0 Å². The number of aliphatic hydroxyl groups excluding tert-OH is 1. The first-order valence-corrected chi connectivity index (χ1v) is 9.99. The molecule has 3 heterocycles. The first-order chi connectivity index (χ1) is 14.0. The SMILES string of the molecule is Cc1cc(C2C(c3ccccn3)NC(=S)N2CCO)c(C)n1-c1ccc(O)cc1. The summed E-state index contributed by atoms with van der Waals surface area (Å²) in [5.41, 5.74) is 5.21. The number of aryl methyl sites for hydroxylation is 1. The first kappa shape index (κ1) is 19.4. The van der Waals surface area contributed by atoms with E-state index in [1.54, 1.807) is 18.3 Å². The normalized spacial score (nSPS) is 18.9. The molecule has 0 radical (unpaired) electrons. The fourth-order valence-corrected chi connectivity index (χ4v) is 4.51. The number of benzene rings is 1. The van der Waals surface area contributed by atoms with Crippen molar-refractivity contribution >= 4 is 17.3 Å². The van der Waals surface area contributed by atoms with Crippen molar-refractivity contribution < 1.29 is 10.2 Å². The summed E-state index contributed by atoms with van der Waals surface area (Å²) in [5.74, 6) is 0.242. The van der Waals surface area contributed by atoms with Gasteiger partial charge >= 0.3 is 0 Å². The number of phenols is 1. The topological polar surface area (TPSA) is 73.5 Å². The number of phenolic OH excluding ortho intramolecular Hbond substituents is 1. The van der Waals surface area contributed by atoms with Crippen LogP contribution in [0, 0.1) is 13.8 Å². The van der Waals surface area contributed by atoms with Crippen LogP contribution >= 0.6 is 12.2 Å². The van der Waals surface area contributed by atoms with Gasteiger partial charge in [-0.25, -0.2) is 0 Å². The number of nitrogens with zero attached hydrogens (tertiary/aromatic N) is 3. The molecule has 150 valence electrons. The molecule has 1 aromatic carbocycles. The minimum atomic E-state index is -0.107. The largest absolute Gasteiger partial charge is 0.508 e. The molecular weight excluding hydrogens is 384 g/mol. The lowest BCUT2D eigenvalue weighted by Gasteiger charge is -2.27. The van der Waals surface area contributed by atoms with Crippen LogP contribution in [0.1, 0.15) is 34.7 Å². The number of rotatable bonds is 5. The molecule has 2 unspecified atom stereocenters. The van der Waals surface area contributed by atoms with Crippen molar-refractivity contribution in [3.63, 3.8) is 0 Å². The van der Waals surface area contributed by atoms with Crippen molar-refractivity contribution in [2.24, 2.45) is 0 Å². The average molecular weight is 409 g/mol. The van der Waals surface area contributed by atoms with Gasteiger partial charge in [-0.05, 0) is 74.1 Å². The predicted molar refractivity (Wildman–Crippen MR) is 116 cm³/mol. The highest BCUT2D eigenvalue weighted by Crippen LogP contribution is 2.41. The molecule has 1 fully saturated rings. The highest BCUT2D eigenvalue weighted by Gasteiger charge is 2.41. The molecule has 2 aromatic heterocycles. The number of aromatic nitrogens is 2. The number of nitrogens with one attached hydrogen (secondary N) is 1. The van der Waals surface area contributed by atoms with E-state index < -0.39 is 0 Å². The molecule has 0 aliphatic carbocycles. The van der Waals surface area contributed by atoms with Crippen molar-refractivity contribution in [2.45, 2.75) is 25.9 Å². The van der Waals surface area contributed by atoms with E-state index in [0.29, 0.717) is 11.7 Å². The Morgan fingerprint density at radius 3 is 2.55 bits per heavy atom. The lowest BCUT2D eigenvalue weighted by Crippen LogP contribution is -2.32. The zero-order valence-electron chi connectivity index (χ0n) is 16.4. The van der Waals surface area contributed by atoms with E-state index in [0.717, 1.165) is 28.3 Å². The third kappa shape index (κ3) is 3.47. The number of aromatic hydroxyl groups is 1. The standard InChI is InChI=1S/C22H24N4O2S/c1-14-13-18(15(2)26(14)16-6-8-17(28)9-7-16)21-20(19-5-3-4-10-23-19)24-22(29)25(21)11-12-27/h3-10,13,20-21,27-28H,11-12H2,1-2H3,(H,24,29). The van der Waals surface area contributed by atoms with Gasteiger partial charge < -0.3 is 25.0 Å². The van der Waals surface area contributed by atoms with E-state index in [9.17, 15) is 10.2 Å². The summed E-state index contributed by atoms with van der Waals surface area (Å²) in [6.45, 7) is 4.62. The Hall–Kier alpha value is -2.90. The molecule has 6 nitrogen and oxygen atoms in total. The summed E-state index contributed by atoms with van der Waals surface area (Å²) < 4.78 is 2.17. The lowest BCUT2D eigenvalue weighted by molar-refractivity contribution is 0.223. The maximum Gasteiger partial charge on any atom is 0.170 e. The molecular formula is C22H24N4O2S. The second-order valence-electron chi connectivity index (χ2n) is 7.22. The average Bonchev–Trinajstić information content (AvgIpc) is 3.20. The predicted octanol–water partition coefficient (Wildman–Crippen LogP) is 3.16. The monoisotopic (exact) mass is 408 g/mol. The third-order valence-electron chi connectivity index (χ3n) is 5.44. The van der Waals surface area contributed by atoms with E-state index in [-0.39, 0.29) is 24.4 Å². The Balaban J connectivity index is 1.82. The molecule has 1 aliphatic rings. The Morgan fingerprint density at radius 2 is 1.90 bits per heavy atom. The van der Waals surface area contributed by atoms with Crippen molar-refractivity contribution in [3.05, 3.63) is 77.4 Å². The molecule has 0 bridgehead atoms. The fraction of sp³-hybridized carbons (Fsp3) is 0.273. The van der Waals surface area contributed by atoms with Crippen molar-refractivity contribution in [1.82, 2.24) is 19.8 Å².